The third-order valence-corrected chi connectivity index (χ3v) is 5.43. The lowest BCUT2D eigenvalue weighted by Gasteiger charge is -2.31. The van der Waals surface area contributed by atoms with Gasteiger partial charge in [0.15, 0.2) is 11.5 Å². The first-order valence-corrected chi connectivity index (χ1v) is 9.20. The number of hydrogen-bond acceptors (Lipinski definition) is 6. The number of anilines is 1. The number of hydrogen-bond donors (Lipinski definition) is 0. The maximum Gasteiger partial charge on any atom is 0.266 e. The molecule has 1 aliphatic carbocycles. The Bertz CT molecular complexity index is 1010. The van der Waals surface area contributed by atoms with Crippen molar-refractivity contribution in [3.05, 3.63) is 46.1 Å². The van der Waals surface area contributed by atoms with Gasteiger partial charge in [-0.3, -0.25) is 4.79 Å². The second-order valence-electron chi connectivity index (χ2n) is 7.28. The lowest BCUT2D eigenvalue weighted by molar-refractivity contribution is 0.471. The van der Waals surface area contributed by atoms with Crippen molar-refractivity contribution in [3.8, 4) is 0 Å². The first-order chi connectivity index (χ1) is 12.7. The van der Waals surface area contributed by atoms with Gasteiger partial charge in [-0.05, 0) is 43.9 Å². The van der Waals surface area contributed by atoms with Gasteiger partial charge in [0.05, 0.1) is 5.69 Å². The Kier molecular flexibility index (Phi) is 3.51. The van der Waals surface area contributed by atoms with Gasteiger partial charge >= 0.3 is 0 Å². The van der Waals surface area contributed by atoms with Gasteiger partial charge in [-0.1, -0.05) is 0 Å². The molecule has 1 saturated carbocycles. The molecule has 2 fully saturated rings. The molecular formula is C18H21N7O. The molecule has 1 saturated heterocycles. The smallest absolute Gasteiger partial charge is 0.266 e. The average molecular weight is 351 g/mol. The number of piperidine rings is 1. The molecule has 0 radical (unpaired) electrons. The summed E-state index contributed by atoms with van der Waals surface area (Å²) in [6.07, 6.45) is 4.42. The summed E-state index contributed by atoms with van der Waals surface area (Å²) in [4.78, 5) is 13.7. The molecule has 134 valence electrons. The van der Waals surface area contributed by atoms with E-state index >= 15 is 0 Å². The molecule has 8 nitrogen and oxygen atoms in total. The SMILES string of the molecule is Cn1nc(N2CCC(c3nnc4ccc(C5CC5)nn34)CC2)ccc1=O. The Labute approximate surface area is 150 Å². The molecule has 0 unspecified atom stereocenters. The number of fused-ring (bicyclic) bond motifs is 1. The van der Waals surface area contributed by atoms with E-state index in [2.05, 4.69) is 26.3 Å². The summed E-state index contributed by atoms with van der Waals surface area (Å²) >= 11 is 0. The van der Waals surface area contributed by atoms with Crippen molar-refractivity contribution in [2.75, 3.05) is 18.0 Å². The van der Waals surface area contributed by atoms with E-state index in [1.807, 2.05) is 10.6 Å². The Morgan fingerprint density at radius 1 is 0.923 bits per heavy atom. The summed E-state index contributed by atoms with van der Waals surface area (Å²) < 4.78 is 3.33. The van der Waals surface area contributed by atoms with Gasteiger partial charge in [0.25, 0.3) is 5.56 Å². The van der Waals surface area contributed by atoms with Gasteiger partial charge < -0.3 is 4.90 Å². The van der Waals surface area contributed by atoms with Crippen LogP contribution in [0.5, 0.6) is 0 Å². The van der Waals surface area contributed by atoms with Crippen LogP contribution in [0.25, 0.3) is 5.65 Å². The van der Waals surface area contributed by atoms with Gasteiger partial charge in [-0.25, -0.2) is 4.68 Å². The third kappa shape index (κ3) is 2.65. The van der Waals surface area contributed by atoms with Gasteiger partial charge in [-0.2, -0.15) is 14.7 Å². The summed E-state index contributed by atoms with van der Waals surface area (Å²) in [5.41, 5.74) is 1.90. The van der Waals surface area contributed by atoms with Crippen molar-refractivity contribution >= 4 is 11.5 Å². The zero-order valence-electron chi connectivity index (χ0n) is 14.7. The molecule has 2 aliphatic rings. The topological polar surface area (TPSA) is 81.2 Å². The van der Waals surface area contributed by atoms with Crippen molar-refractivity contribution in [1.82, 2.24) is 29.6 Å². The van der Waals surface area contributed by atoms with Crippen LogP contribution in [-0.2, 0) is 7.05 Å². The van der Waals surface area contributed by atoms with Crippen molar-refractivity contribution in [3.63, 3.8) is 0 Å². The second-order valence-corrected chi connectivity index (χ2v) is 7.28. The highest BCUT2D eigenvalue weighted by atomic mass is 16.1. The molecule has 26 heavy (non-hydrogen) atoms. The number of aromatic nitrogens is 6. The number of aryl methyl sites for hydroxylation is 1. The predicted molar refractivity (Wildman–Crippen MR) is 96.4 cm³/mol. The molecule has 0 aromatic carbocycles. The van der Waals surface area contributed by atoms with E-state index in [9.17, 15) is 4.79 Å². The average Bonchev–Trinajstić information content (AvgIpc) is 3.43. The van der Waals surface area contributed by atoms with Crippen LogP contribution >= 0.6 is 0 Å². The minimum absolute atomic E-state index is 0.0869. The summed E-state index contributed by atoms with van der Waals surface area (Å²) in [5.74, 6) is 2.78. The molecule has 0 atom stereocenters. The minimum Gasteiger partial charge on any atom is -0.355 e. The number of rotatable bonds is 3. The number of nitrogens with zero attached hydrogens (tertiary/aromatic N) is 7. The normalized spacial score (nSPS) is 18.6. The van der Waals surface area contributed by atoms with E-state index in [0.29, 0.717) is 11.8 Å². The maximum atomic E-state index is 11.5. The standard InChI is InChI=1S/C18H21N7O/c1-23-17(26)7-6-16(22-23)24-10-8-13(9-11-24)18-20-19-15-5-4-14(12-2-3-12)21-25(15)18/h4-7,12-13H,2-3,8-11H2,1H3. The van der Waals surface area contributed by atoms with Crippen LogP contribution in [0, 0.1) is 0 Å². The highest BCUT2D eigenvalue weighted by Gasteiger charge is 2.28. The van der Waals surface area contributed by atoms with E-state index in [4.69, 9.17) is 5.10 Å². The monoisotopic (exact) mass is 351 g/mol. The summed E-state index contributed by atoms with van der Waals surface area (Å²) in [5, 5.41) is 17.9. The molecule has 3 aromatic rings. The fraction of sp³-hybridized carbons (Fsp3) is 0.500. The molecule has 0 N–H and O–H groups in total. The highest BCUT2D eigenvalue weighted by Crippen LogP contribution is 2.39. The molecular weight excluding hydrogens is 330 g/mol. The van der Waals surface area contributed by atoms with Crippen LogP contribution in [0.1, 0.15) is 49.0 Å². The van der Waals surface area contributed by atoms with E-state index in [1.54, 1.807) is 19.2 Å². The van der Waals surface area contributed by atoms with Gasteiger partial charge in [0.2, 0.25) is 0 Å². The van der Waals surface area contributed by atoms with Crippen LogP contribution in [-0.4, -0.2) is 42.7 Å². The quantitative estimate of drug-likeness (QED) is 0.711. The molecule has 0 spiro atoms. The van der Waals surface area contributed by atoms with Crippen LogP contribution in [0.3, 0.4) is 0 Å². The first-order valence-electron chi connectivity index (χ1n) is 9.20. The summed E-state index contributed by atoms with van der Waals surface area (Å²) in [6, 6.07) is 7.49. The highest BCUT2D eigenvalue weighted by molar-refractivity contribution is 5.39. The Morgan fingerprint density at radius 2 is 1.73 bits per heavy atom. The zero-order valence-corrected chi connectivity index (χ0v) is 14.7. The maximum absolute atomic E-state index is 11.5. The zero-order chi connectivity index (χ0) is 17.7. The van der Waals surface area contributed by atoms with Gasteiger partial charge in [0.1, 0.15) is 5.82 Å². The summed E-state index contributed by atoms with van der Waals surface area (Å²) in [7, 11) is 1.68. The fourth-order valence-corrected chi connectivity index (χ4v) is 3.70. The molecule has 0 amide bonds. The van der Waals surface area contributed by atoms with E-state index < -0.39 is 0 Å². The molecule has 0 bridgehead atoms. The van der Waals surface area contributed by atoms with Crippen LogP contribution < -0.4 is 10.5 Å². The second kappa shape index (κ2) is 5.89. The Hall–Kier alpha value is -2.77. The van der Waals surface area contributed by atoms with Crippen molar-refractivity contribution < 1.29 is 0 Å². The largest absolute Gasteiger partial charge is 0.355 e. The van der Waals surface area contributed by atoms with Gasteiger partial charge in [0, 0.05) is 38.0 Å². The minimum atomic E-state index is -0.0869. The van der Waals surface area contributed by atoms with Crippen LogP contribution in [0.2, 0.25) is 0 Å². The van der Waals surface area contributed by atoms with E-state index in [-0.39, 0.29) is 5.56 Å². The lowest BCUT2D eigenvalue weighted by atomic mass is 9.96. The molecule has 5 rings (SSSR count). The van der Waals surface area contributed by atoms with E-state index in [0.717, 1.165) is 48.9 Å². The molecule has 3 aromatic heterocycles. The van der Waals surface area contributed by atoms with Crippen molar-refractivity contribution in [1.29, 1.82) is 0 Å². The fourth-order valence-electron chi connectivity index (χ4n) is 3.70. The molecule has 8 heteroatoms. The summed E-state index contributed by atoms with van der Waals surface area (Å²) in [6.45, 7) is 1.76. The van der Waals surface area contributed by atoms with Crippen LogP contribution in [0.15, 0.2) is 29.1 Å². The molecule has 1 aliphatic heterocycles. The first kappa shape index (κ1) is 15.5. The Morgan fingerprint density at radius 3 is 2.46 bits per heavy atom. The van der Waals surface area contributed by atoms with E-state index in [1.165, 1.54) is 17.5 Å². The van der Waals surface area contributed by atoms with Gasteiger partial charge in [-0.15, -0.1) is 10.2 Å². The van der Waals surface area contributed by atoms with Crippen molar-refractivity contribution in [2.24, 2.45) is 7.05 Å². The van der Waals surface area contributed by atoms with Crippen molar-refractivity contribution in [2.45, 2.75) is 37.5 Å². The third-order valence-electron chi connectivity index (χ3n) is 5.43. The Balaban J connectivity index is 1.36. The van der Waals surface area contributed by atoms with Crippen LogP contribution in [0.4, 0.5) is 5.82 Å². The predicted octanol–water partition coefficient (Wildman–Crippen LogP) is 1.48. The molecule has 4 heterocycles. The lowest BCUT2D eigenvalue weighted by Crippen LogP contribution is -2.35.